The molecule has 0 fully saturated rings. The van der Waals surface area contributed by atoms with E-state index in [0.717, 1.165) is 83.4 Å². The minimum absolute atomic E-state index is 0. The van der Waals surface area contributed by atoms with Crippen LogP contribution in [0.3, 0.4) is 0 Å². The van der Waals surface area contributed by atoms with Crippen LogP contribution in [-0.4, -0.2) is 21.2 Å². The summed E-state index contributed by atoms with van der Waals surface area (Å²) in [5, 5.41) is 3.26. The van der Waals surface area contributed by atoms with Crippen LogP contribution in [0, 0.1) is 12.1 Å². The number of anilines is 6. The number of hydrogen-bond acceptors (Lipinski definition) is 5. The Morgan fingerprint density at radius 2 is 1.23 bits per heavy atom. The van der Waals surface area contributed by atoms with E-state index in [9.17, 15) is 0 Å². The molecule has 0 saturated carbocycles. The fourth-order valence-electron chi connectivity index (χ4n) is 8.73. The molecule has 12 rings (SSSR count). The largest absolute Gasteiger partial charge is 2.00 e. The molecule has 8 heteroatoms. The smallest absolute Gasteiger partial charge is 0.366 e. The van der Waals surface area contributed by atoms with Crippen molar-refractivity contribution in [2.75, 3.05) is 9.80 Å². The quantitative estimate of drug-likeness (QED) is 0.130. The Balaban J connectivity index is 0.00000363. The average Bonchev–Trinajstić information content (AvgIpc) is 3.83. The summed E-state index contributed by atoms with van der Waals surface area (Å²) < 4.78 is 3.43. The number of thiazole rings is 1. The number of rotatable bonds is 4. The Kier molecular flexibility index (Phi) is 7.63. The molecule has 5 nitrogen and oxygen atoms in total. The summed E-state index contributed by atoms with van der Waals surface area (Å²) in [7, 11) is 0. The van der Waals surface area contributed by atoms with E-state index in [4.69, 9.17) is 9.97 Å². The summed E-state index contributed by atoms with van der Waals surface area (Å²) in [6.45, 7) is -0.162. The van der Waals surface area contributed by atoms with Gasteiger partial charge in [-0.2, -0.15) is 22.9 Å². The third-order valence-electron chi connectivity index (χ3n) is 11.0. The Morgan fingerprint density at radius 1 is 0.554 bits per heavy atom. The fourth-order valence-corrected chi connectivity index (χ4v) is 9.68. The van der Waals surface area contributed by atoms with Crippen molar-refractivity contribution in [2.45, 2.75) is 0 Å². The maximum Gasteiger partial charge on any atom is 2.00 e. The van der Waals surface area contributed by atoms with Crippen LogP contribution >= 0.6 is 11.3 Å². The number of benzene rings is 7. The zero-order chi connectivity index (χ0) is 36.0. The van der Waals surface area contributed by atoms with Gasteiger partial charge in [0.1, 0.15) is 5.82 Å². The third-order valence-corrected chi connectivity index (χ3v) is 12.1. The number of pyridine rings is 1. The molecule has 3 aromatic heterocycles. The summed E-state index contributed by atoms with van der Waals surface area (Å²) >= 11 is 1.71. The van der Waals surface area contributed by atoms with Crippen molar-refractivity contribution in [1.82, 2.24) is 14.5 Å². The molecule has 0 saturated heterocycles. The summed E-state index contributed by atoms with van der Waals surface area (Å²) in [5.41, 5.74) is 14.2. The minimum atomic E-state index is -0.162. The van der Waals surface area contributed by atoms with Gasteiger partial charge in [-0.3, -0.25) is 4.98 Å². The van der Waals surface area contributed by atoms with Crippen molar-refractivity contribution in [3.05, 3.63) is 182 Å². The van der Waals surface area contributed by atoms with Crippen LogP contribution in [0.2, 0.25) is 0 Å². The van der Waals surface area contributed by atoms with Crippen molar-refractivity contribution in [2.24, 2.45) is 0 Å². The van der Waals surface area contributed by atoms with Crippen LogP contribution in [0.25, 0.3) is 48.4 Å². The molecule has 0 amide bonds. The molecule has 0 bridgehead atoms. The molecule has 2 aliphatic heterocycles. The van der Waals surface area contributed by atoms with E-state index in [-0.39, 0.29) is 27.8 Å². The van der Waals surface area contributed by atoms with Gasteiger partial charge in [0.2, 0.25) is 6.71 Å². The SMILES string of the molecule is [Pt+2].[c-]1c(-c2nc3ccccc3s2)ccc2c1B1c3[c-]c4c(cc3N(c3ccccc3)c3cccc(c31)N2c1ccccc1)c1ccccc1n4-c1ccccn1. The summed E-state index contributed by atoms with van der Waals surface area (Å²) in [5.74, 6) is 0.866. The van der Waals surface area contributed by atoms with Crippen LogP contribution in [0.4, 0.5) is 34.1 Å². The zero-order valence-electron chi connectivity index (χ0n) is 29.7. The fraction of sp³-hybridized carbons (Fsp3) is 0. The molecule has 0 radical (unpaired) electrons. The van der Waals surface area contributed by atoms with E-state index >= 15 is 0 Å². The van der Waals surface area contributed by atoms with Gasteiger partial charge < -0.3 is 14.4 Å². The molecule has 0 N–H and O–H groups in total. The van der Waals surface area contributed by atoms with Crippen LogP contribution in [0.15, 0.2) is 170 Å². The Hall–Kier alpha value is -6.27. The van der Waals surface area contributed by atoms with Gasteiger partial charge in [0, 0.05) is 44.2 Å². The van der Waals surface area contributed by atoms with Crippen LogP contribution < -0.4 is 26.2 Å². The molecule has 0 unspecified atom stereocenters. The molecule has 10 aromatic rings. The Morgan fingerprint density at radius 3 is 1.98 bits per heavy atom. The first-order chi connectivity index (χ1) is 27.3. The molecule has 0 spiro atoms. The molecule has 7 aromatic carbocycles. The summed E-state index contributed by atoms with van der Waals surface area (Å²) in [4.78, 5) is 14.8. The molecule has 2 aliphatic rings. The number of aromatic nitrogens is 3. The minimum Gasteiger partial charge on any atom is -0.366 e. The van der Waals surface area contributed by atoms with E-state index < -0.39 is 0 Å². The predicted octanol–water partition coefficient (Wildman–Crippen LogP) is 10.1. The van der Waals surface area contributed by atoms with E-state index in [1.807, 2.05) is 12.3 Å². The number of fused-ring (bicyclic) bond motifs is 8. The van der Waals surface area contributed by atoms with Crippen molar-refractivity contribution in [3.63, 3.8) is 0 Å². The Bertz CT molecular complexity index is 3100. The third kappa shape index (κ3) is 4.84. The number of nitrogens with zero attached hydrogens (tertiary/aromatic N) is 5. The second-order valence-electron chi connectivity index (χ2n) is 14.0. The van der Waals surface area contributed by atoms with E-state index in [0.29, 0.717) is 0 Å². The number of hydrogen-bond donors (Lipinski definition) is 0. The molecule has 264 valence electrons. The van der Waals surface area contributed by atoms with Gasteiger partial charge in [-0.05, 0) is 83.3 Å². The first-order valence-electron chi connectivity index (χ1n) is 18.5. The first-order valence-corrected chi connectivity index (χ1v) is 19.3. The van der Waals surface area contributed by atoms with Gasteiger partial charge in [-0.25, -0.2) is 4.98 Å². The molecule has 56 heavy (non-hydrogen) atoms. The van der Waals surface area contributed by atoms with Crippen LogP contribution in [0.1, 0.15) is 0 Å². The van der Waals surface area contributed by atoms with Crippen LogP contribution in [0.5, 0.6) is 0 Å². The van der Waals surface area contributed by atoms with Crippen LogP contribution in [-0.2, 0) is 21.1 Å². The average molecular weight is 913 g/mol. The first kappa shape index (κ1) is 33.1. The maximum atomic E-state index is 5.09. The summed E-state index contributed by atoms with van der Waals surface area (Å²) in [6.07, 6.45) is 1.86. The molecule has 0 atom stereocenters. The van der Waals surface area contributed by atoms with E-state index in [1.54, 1.807) is 11.3 Å². The zero-order valence-corrected chi connectivity index (χ0v) is 32.8. The molecular formula is C48H28BN5PtS. The van der Waals surface area contributed by atoms with Gasteiger partial charge in [-0.1, -0.05) is 90.1 Å². The van der Waals surface area contributed by atoms with Gasteiger partial charge in [0.05, 0.1) is 5.52 Å². The van der Waals surface area contributed by atoms with Gasteiger partial charge >= 0.3 is 21.1 Å². The van der Waals surface area contributed by atoms with Crippen molar-refractivity contribution in [3.8, 4) is 16.4 Å². The van der Waals surface area contributed by atoms with Gasteiger partial charge in [0.15, 0.2) is 0 Å². The molecule has 5 heterocycles. The van der Waals surface area contributed by atoms with Crippen molar-refractivity contribution in [1.29, 1.82) is 0 Å². The second-order valence-corrected chi connectivity index (χ2v) is 15.0. The monoisotopic (exact) mass is 912 g/mol. The van der Waals surface area contributed by atoms with E-state index in [2.05, 4.69) is 184 Å². The normalized spacial score (nSPS) is 12.8. The second kappa shape index (κ2) is 12.9. The van der Waals surface area contributed by atoms with Crippen molar-refractivity contribution >= 4 is 101 Å². The Labute approximate surface area is 342 Å². The molecule has 0 aliphatic carbocycles. The van der Waals surface area contributed by atoms with Gasteiger partial charge in [-0.15, -0.1) is 40.7 Å². The topological polar surface area (TPSA) is 37.2 Å². The number of para-hydroxylation sites is 4. The van der Waals surface area contributed by atoms with Crippen molar-refractivity contribution < 1.29 is 21.1 Å². The molecular weight excluding hydrogens is 885 g/mol. The standard InChI is InChI=1S/C48H28BN5S.Pt/c1-3-14-32(15-4-1)52-40-26-25-31(48-51-38-19-8-10-23-45(38)55-48)28-36(40)49-37-30-43-35(34-18-7-9-20-39(34)54(43)46-24-11-12-27-50-46)29-44(37)53(33-16-5-2-6-17-33)42-22-13-21-41(52)47(42)49;/h1-27,29H;/q-2;+2. The maximum absolute atomic E-state index is 5.09. The van der Waals surface area contributed by atoms with E-state index in [1.165, 1.54) is 15.5 Å². The summed E-state index contributed by atoms with van der Waals surface area (Å²) in [6, 6.07) is 66.2. The predicted molar refractivity (Wildman–Crippen MR) is 229 cm³/mol. The van der Waals surface area contributed by atoms with Gasteiger partial charge in [0.25, 0.3) is 0 Å².